The van der Waals surface area contributed by atoms with Gasteiger partial charge >= 0.3 is 0 Å². The van der Waals surface area contributed by atoms with E-state index in [2.05, 4.69) is 10.3 Å². The number of aromatic nitrogens is 2. The summed E-state index contributed by atoms with van der Waals surface area (Å²) in [5.41, 5.74) is 1.19. The molecule has 0 bridgehead atoms. The summed E-state index contributed by atoms with van der Waals surface area (Å²) in [5, 5.41) is 2.82. The molecule has 2 amide bonds. The molecule has 1 aliphatic heterocycles. The standard InChI is InChI=1S/C18H22N4O2/c1-12(2)21-10-16(19-11-21)17(23)20-15-9-13(3)22(18(15)24)14-7-5-4-6-8-14/h4-8,10-13,15H,9H2,1-3H3,(H,20,23)/t13-,15+/m0/s1. The summed E-state index contributed by atoms with van der Waals surface area (Å²) >= 11 is 0. The highest BCUT2D eigenvalue weighted by atomic mass is 16.2. The molecule has 2 aromatic rings. The molecule has 6 nitrogen and oxygen atoms in total. The molecule has 2 heterocycles. The zero-order valence-electron chi connectivity index (χ0n) is 14.1. The Kier molecular flexibility index (Phi) is 4.38. The molecule has 2 atom stereocenters. The van der Waals surface area contributed by atoms with Crippen LogP contribution >= 0.6 is 0 Å². The Morgan fingerprint density at radius 3 is 2.62 bits per heavy atom. The first-order chi connectivity index (χ1) is 11.5. The van der Waals surface area contributed by atoms with Gasteiger partial charge in [0, 0.05) is 24.0 Å². The fourth-order valence-corrected chi connectivity index (χ4v) is 2.99. The molecule has 126 valence electrons. The van der Waals surface area contributed by atoms with Crippen LogP contribution in [0.1, 0.15) is 43.7 Å². The van der Waals surface area contributed by atoms with Gasteiger partial charge in [-0.2, -0.15) is 0 Å². The Hall–Kier alpha value is -2.63. The van der Waals surface area contributed by atoms with Crippen molar-refractivity contribution in [2.45, 2.75) is 45.3 Å². The Balaban J connectivity index is 1.71. The van der Waals surface area contributed by atoms with E-state index in [0.717, 1.165) is 5.69 Å². The lowest BCUT2D eigenvalue weighted by atomic mass is 10.2. The summed E-state index contributed by atoms with van der Waals surface area (Å²) in [4.78, 5) is 30.9. The van der Waals surface area contributed by atoms with Crippen LogP contribution in [-0.2, 0) is 4.79 Å². The van der Waals surface area contributed by atoms with Crippen molar-refractivity contribution in [2.75, 3.05) is 4.90 Å². The van der Waals surface area contributed by atoms with E-state index in [1.54, 1.807) is 17.4 Å². The van der Waals surface area contributed by atoms with E-state index in [0.29, 0.717) is 12.1 Å². The molecule has 1 N–H and O–H groups in total. The van der Waals surface area contributed by atoms with E-state index in [9.17, 15) is 9.59 Å². The quantitative estimate of drug-likeness (QED) is 0.938. The van der Waals surface area contributed by atoms with Crippen molar-refractivity contribution >= 4 is 17.5 Å². The molecule has 1 fully saturated rings. The number of nitrogens with zero attached hydrogens (tertiary/aromatic N) is 3. The molecular formula is C18H22N4O2. The third-order valence-electron chi connectivity index (χ3n) is 4.32. The molecule has 0 saturated carbocycles. The Bertz CT molecular complexity index is 738. The molecule has 0 radical (unpaired) electrons. The third-order valence-corrected chi connectivity index (χ3v) is 4.32. The number of rotatable bonds is 4. The average Bonchev–Trinajstić information content (AvgIpc) is 3.14. The van der Waals surface area contributed by atoms with Crippen molar-refractivity contribution in [1.29, 1.82) is 0 Å². The van der Waals surface area contributed by atoms with E-state index >= 15 is 0 Å². The highest BCUT2D eigenvalue weighted by molar-refractivity contribution is 6.03. The van der Waals surface area contributed by atoms with Gasteiger partial charge in [-0.1, -0.05) is 18.2 Å². The zero-order valence-corrected chi connectivity index (χ0v) is 14.1. The van der Waals surface area contributed by atoms with E-state index < -0.39 is 6.04 Å². The summed E-state index contributed by atoms with van der Waals surface area (Å²) < 4.78 is 1.87. The van der Waals surface area contributed by atoms with Crippen LogP contribution in [0.2, 0.25) is 0 Å². The Morgan fingerprint density at radius 2 is 2.00 bits per heavy atom. The van der Waals surface area contributed by atoms with E-state index in [1.807, 2.05) is 55.7 Å². The van der Waals surface area contributed by atoms with Gasteiger partial charge in [-0.15, -0.1) is 0 Å². The number of anilines is 1. The van der Waals surface area contributed by atoms with Crippen molar-refractivity contribution in [1.82, 2.24) is 14.9 Å². The fraction of sp³-hybridized carbons (Fsp3) is 0.389. The molecule has 24 heavy (non-hydrogen) atoms. The number of para-hydroxylation sites is 1. The zero-order chi connectivity index (χ0) is 17.3. The molecule has 1 saturated heterocycles. The molecule has 3 rings (SSSR count). The SMILES string of the molecule is CC(C)n1cnc(C(=O)N[C@@H]2C[C@H](C)N(c3ccccc3)C2=O)c1. The summed E-state index contributed by atoms with van der Waals surface area (Å²) in [7, 11) is 0. The van der Waals surface area contributed by atoms with Crippen molar-refractivity contribution in [3.05, 3.63) is 48.5 Å². The third kappa shape index (κ3) is 3.04. The number of benzene rings is 1. The second kappa shape index (κ2) is 6.47. The van der Waals surface area contributed by atoms with Crippen LogP contribution in [0.4, 0.5) is 5.69 Å². The lowest BCUT2D eigenvalue weighted by molar-refractivity contribution is -0.118. The number of carbonyl (C=O) groups excluding carboxylic acids is 2. The number of carbonyl (C=O) groups is 2. The number of hydrogen-bond donors (Lipinski definition) is 1. The number of hydrogen-bond acceptors (Lipinski definition) is 3. The number of imidazole rings is 1. The lowest BCUT2D eigenvalue weighted by Crippen LogP contribution is -2.42. The van der Waals surface area contributed by atoms with Gasteiger partial charge in [-0.05, 0) is 39.3 Å². The second-order valence-electron chi connectivity index (χ2n) is 6.45. The topological polar surface area (TPSA) is 67.2 Å². The van der Waals surface area contributed by atoms with Gasteiger partial charge in [0.25, 0.3) is 5.91 Å². The smallest absolute Gasteiger partial charge is 0.272 e. The second-order valence-corrected chi connectivity index (χ2v) is 6.45. The van der Waals surface area contributed by atoms with Gasteiger partial charge in [0.05, 0.1) is 6.33 Å². The predicted octanol–water partition coefficient (Wildman–Crippen LogP) is 2.39. The first-order valence-electron chi connectivity index (χ1n) is 8.20. The van der Waals surface area contributed by atoms with Crippen LogP contribution < -0.4 is 10.2 Å². The number of amides is 2. The van der Waals surface area contributed by atoms with E-state index in [1.165, 1.54) is 0 Å². The van der Waals surface area contributed by atoms with E-state index in [4.69, 9.17) is 0 Å². The fourth-order valence-electron chi connectivity index (χ4n) is 2.99. The number of nitrogens with one attached hydrogen (secondary N) is 1. The molecule has 6 heteroatoms. The predicted molar refractivity (Wildman–Crippen MR) is 91.9 cm³/mol. The van der Waals surface area contributed by atoms with Crippen LogP contribution in [0.25, 0.3) is 0 Å². The molecule has 0 unspecified atom stereocenters. The molecule has 0 spiro atoms. The lowest BCUT2D eigenvalue weighted by Gasteiger charge is -2.21. The largest absolute Gasteiger partial charge is 0.339 e. The van der Waals surface area contributed by atoms with Crippen LogP contribution in [0.3, 0.4) is 0 Å². The minimum atomic E-state index is -0.517. The first-order valence-corrected chi connectivity index (χ1v) is 8.20. The summed E-state index contributed by atoms with van der Waals surface area (Å²) in [6.45, 7) is 6.02. The minimum Gasteiger partial charge on any atom is -0.339 e. The van der Waals surface area contributed by atoms with Crippen LogP contribution in [0, 0.1) is 0 Å². The van der Waals surface area contributed by atoms with Gasteiger partial charge < -0.3 is 14.8 Å². The summed E-state index contributed by atoms with van der Waals surface area (Å²) in [6.07, 6.45) is 3.93. The van der Waals surface area contributed by atoms with Gasteiger partial charge in [0.15, 0.2) is 0 Å². The molecule has 1 aromatic carbocycles. The maximum absolute atomic E-state index is 12.7. The van der Waals surface area contributed by atoms with Gasteiger partial charge in [-0.3, -0.25) is 9.59 Å². The highest BCUT2D eigenvalue weighted by Crippen LogP contribution is 2.26. The van der Waals surface area contributed by atoms with Gasteiger partial charge in [-0.25, -0.2) is 4.98 Å². The maximum atomic E-state index is 12.7. The molecule has 0 aliphatic carbocycles. The summed E-state index contributed by atoms with van der Waals surface area (Å²) in [5.74, 6) is -0.389. The van der Waals surface area contributed by atoms with Crippen molar-refractivity contribution in [2.24, 2.45) is 0 Å². The monoisotopic (exact) mass is 326 g/mol. The van der Waals surface area contributed by atoms with E-state index in [-0.39, 0.29) is 23.9 Å². The molecule has 1 aromatic heterocycles. The van der Waals surface area contributed by atoms with Gasteiger partial charge in [0.2, 0.25) is 5.91 Å². The van der Waals surface area contributed by atoms with Crippen LogP contribution in [0.5, 0.6) is 0 Å². The van der Waals surface area contributed by atoms with Crippen molar-refractivity contribution in [3.63, 3.8) is 0 Å². The normalized spacial score (nSPS) is 20.7. The minimum absolute atomic E-state index is 0.0402. The highest BCUT2D eigenvalue weighted by Gasteiger charge is 2.39. The summed E-state index contributed by atoms with van der Waals surface area (Å²) in [6, 6.07) is 9.29. The average molecular weight is 326 g/mol. The Morgan fingerprint density at radius 1 is 1.29 bits per heavy atom. The van der Waals surface area contributed by atoms with Crippen LogP contribution in [-0.4, -0.2) is 33.4 Å². The first kappa shape index (κ1) is 16.2. The van der Waals surface area contributed by atoms with Crippen LogP contribution in [0.15, 0.2) is 42.9 Å². The molecule has 1 aliphatic rings. The maximum Gasteiger partial charge on any atom is 0.272 e. The molecular weight excluding hydrogens is 304 g/mol. The van der Waals surface area contributed by atoms with Gasteiger partial charge in [0.1, 0.15) is 11.7 Å². The Labute approximate surface area is 141 Å². The van der Waals surface area contributed by atoms with Crippen molar-refractivity contribution in [3.8, 4) is 0 Å². The van der Waals surface area contributed by atoms with Crippen molar-refractivity contribution < 1.29 is 9.59 Å².